The van der Waals surface area contributed by atoms with Crippen molar-refractivity contribution in [1.82, 2.24) is 4.31 Å². The lowest BCUT2D eigenvalue weighted by molar-refractivity contribution is -0.0440. The van der Waals surface area contributed by atoms with Gasteiger partial charge in [0.05, 0.1) is 29.3 Å². The quantitative estimate of drug-likeness (QED) is 0.676. The second kappa shape index (κ2) is 9.25. The molecule has 1 aliphatic heterocycles. The molecule has 0 spiro atoms. The number of nitrogens with one attached hydrogen (secondary N) is 1. The van der Waals surface area contributed by atoms with Crippen molar-refractivity contribution in [2.24, 2.45) is 0 Å². The van der Waals surface area contributed by atoms with E-state index in [1.165, 1.54) is 39.9 Å². The number of morpholine rings is 1. The van der Waals surface area contributed by atoms with E-state index in [0.717, 1.165) is 0 Å². The number of rotatable bonds is 6. The summed E-state index contributed by atoms with van der Waals surface area (Å²) in [6.07, 6.45) is -0.374. The van der Waals surface area contributed by atoms with Crippen LogP contribution in [-0.2, 0) is 19.5 Å². The van der Waals surface area contributed by atoms with Crippen LogP contribution in [0.3, 0.4) is 0 Å². The molecular weight excluding hydrogens is 428 g/mol. The molecule has 30 heavy (non-hydrogen) atoms. The molecule has 1 aromatic heterocycles. The number of anilines is 1. The number of esters is 1. The molecule has 0 aliphatic carbocycles. The smallest absolute Gasteiger partial charge is 0.341 e. The number of amides is 1. The molecule has 8 nitrogen and oxygen atoms in total. The van der Waals surface area contributed by atoms with E-state index in [1.54, 1.807) is 18.4 Å². The van der Waals surface area contributed by atoms with Crippen LogP contribution < -0.4 is 5.32 Å². The van der Waals surface area contributed by atoms with Gasteiger partial charge in [-0.1, -0.05) is 0 Å². The second-order valence-electron chi connectivity index (χ2n) is 6.94. The molecule has 1 aliphatic rings. The van der Waals surface area contributed by atoms with E-state index in [2.05, 4.69) is 5.32 Å². The van der Waals surface area contributed by atoms with Gasteiger partial charge in [0, 0.05) is 18.7 Å². The van der Waals surface area contributed by atoms with Crippen molar-refractivity contribution >= 4 is 38.2 Å². The lowest BCUT2D eigenvalue weighted by Gasteiger charge is -2.34. The Hall–Kier alpha value is -2.27. The third-order valence-electron chi connectivity index (χ3n) is 4.53. The molecule has 2 unspecified atom stereocenters. The maximum Gasteiger partial charge on any atom is 0.341 e. The lowest BCUT2D eigenvalue weighted by atomic mass is 10.2. The summed E-state index contributed by atoms with van der Waals surface area (Å²) in [5.41, 5.74) is 0.561. The van der Waals surface area contributed by atoms with Crippen LogP contribution in [0, 0.1) is 0 Å². The molecule has 1 fully saturated rings. The summed E-state index contributed by atoms with van der Waals surface area (Å²) in [5.74, 6) is -0.954. The van der Waals surface area contributed by atoms with Gasteiger partial charge in [0.2, 0.25) is 10.0 Å². The first kappa shape index (κ1) is 22.4. The van der Waals surface area contributed by atoms with Gasteiger partial charge in [-0.15, -0.1) is 11.3 Å². The number of carbonyl (C=O) groups is 2. The van der Waals surface area contributed by atoms with E-state index in [1.807, 2.05) is 13.8 Å². The van der Waals surface area contributed by atoms with Gasteiger partial charge in [-0.3, -0.25) is 4.79 Å². The molecule has 1 amide bonds. The van der Waals surface area contributed by atoms with Crippen molar-refractivity contribution in [3.05, 3.63) is 46.8 Å². The minimum atomic E-state index is -3.68. The van der Waals surface area contributed by atoms with Gasteiger partial charge < -0.3 is 14.8 Å². The highest BCUT2D eigenvalue weighted by molar-refractivity contribution is 7.89. The van der Waals surface area contributed by atoms with Crippen LogP contribution in [0.5, 0.6) is 0 Å². The van der Waals surface area contributed by atoms with Crippen molar-refractivity contribution in [1.29, 1.82) is 0 Å². The zero-order chi connectivity index (χ0) is 21.9. The number of hydrogen-bond acceptors (Lipinski definition) is 7. The maximum atomic E-state index is 12.9. The van der Waals surface area contributed by atoms with Crippen LogP contribution in [0.2, 0.25) is 0 Å². The number of nitrogens with zero attached hydrogens (tertiary/aromatic N) is 1. The summed E-state index contributed by atoms with van der Waals surface area (Å²) in [5, 5.41) is 4.75. The predicted molar refractivity (Wildman–Crippen MR) is 113 cm³/mol. The fraction of sp³-hybridized carbons (Fsp3) is 0.400. The molecule has 1 aromatic carbocycles. The van der Waals surface area contributed by atoms with Crippen LogP contribution in [-0.4, -0.2) is 56.5 Å². The number of benzene rings is 1. The Bertz CT molecular complexity index is 1010. The standard InChI is InChI=1S/C20H24N2O6S2/c1-4-27-20(24)17-9-10-29-19(17)21-18(23)15-5-7-16(8-6-15)30(25,26)22-11-13(2)28-14(3)12-22/h5-10,13-14H,4,11-12H2,1-3H3,(H,21,23). The second-order valence-corrected chi connectivity index (χ2v) is 9.80. The molecular formula is C20H24N2O6S2. The van der Waals surface area contributed by atoms with Crippen LogP contribution in [0.1, 0.15) is 41.5 Å². The summed E-state index contributed by atoms with van der Waals surface area (Å²) >= 11 is 1.21. The van der Waals surface area contributed by atoms with E-state index in [0.29, 0.717) is 5.00 Å². The molecule has 1 N–H and O–H groups in total. The maximum absolute atomic E-state index is 12.9. The molecule has 10 heteroatoms. The van der Waals surface area contributed by atoms with Gasteiger partial charge in [-0.2, -0.15) is 4.31 Å². The summed E-state index contributed by atoms with van der Waals surface area (Å²) in [7, 11) is -3.68. The lowest BCUT2D eigenvalue weighted by Crippen LogP contribution is -2.48. The highest BCUT2D eigenvalue weighted by Gasteiger charge is 2.32. The Kier molecular flexibility index (Phi) is 6.91. The summed E-state index contributed by atoms with van der Waals surface area (Å²) in [4.78, 5) is 24.6. The summed E-state index contributed by atoms with van der Waals surface area (Å²) < 4.78 is 37.8. The van der Waals surface area contributed by atoms with E-state index in [9.17, 15) is 18.0 Å². The number of hydrogen-bond donors (Lipinski definition) is 1. The monoisotopic (exact) mass is 452 g/mol. The van der Waals surface area contributed by atoms with Gasteiger partial charge in [0.1, 0.15) is 5.00 Å². The van der Waals surface area contributed by atoms with Crippen molar-refractivity contribution in [3.8, 4) is 0 Å². The van der Waals surface area contributed by atoms with Gasteiger partial charge in [-0.05, 0) is 56.5 Å². The highest BCUT2D eigenvalue weighted by Crippen LogP contribution is 2.25. The Balaban J connectivity index is 1.74. The van der Waals surface area contributed by atoms with Crippen LogP contribution in [0.25, 0.3) is 0 Å². The van der Waals surface area contributed by atoms with Crippen LogP contribution >= 0.6 is 11.3 Å². The molecule has 2 aromatic rings. The third kappa shape index (κ3) is 4.89. The number of thiophene rings is 1. The van der Waals surface area contributed by atoms with Crippen molar-refractivity contribution < 1.29 is 27.5 Å². The normalized spacial score (nSPS) is 20.0. The van der Waals surface area contributed by atoms with Crippen LogP contribution in [0.4, 0.5) is 5.00 Å². The fourth-order valence-corrected chi connectivity index (χ4v) is 5.57. The molecule has 3 rings (SSSR count). The topological polar surface area (TPSA) is 102 Å². The zero-order valence-corrected chi connectivity index (χ0v) is 18.6. The van der Waals surface area contributed by atoms with Gasteiger partial charge in [-0.25, -0.2) is 13.2 Å². The third-order valence-corrected chi connectivity index (χ3v) is 7.20. The minimum Gasteiger partial charge on any atom is -0.462 e. The molecule has 0 bridgehead atoms. The Labute approximate surface area is 179 Å². The van der Waals surface area contributed by atoms with Gasteiger partial charge >= 0.3 is 5.97 Å². The first-order valence-electron chi connectivity index (χ1n) is 9.54. The first-order valence-corrected chi connectivity index (χ1v) is 11.9. The Morgan fingerprint density at radius 3 is 2.40 bits per heavy atom. The van der Waals surface area contributed by atoms with E-state index < -0.39 is 21.9 Å². The Morgan fingerprint density at radius 2 is 1.80 bits per heavy atom. The number of sulfonamides is 1. The average Bonchev–Trinajstić information content (AvgIpc) is 3.15. The first-order chi connectivity index (χ1) is 14.2. The molecule has 0 saturated carbocycles. The zero-order valence-electron chi connectivity index (χ0n) is 17.0. The van der Waals surface area contributed by atoms with E-state index in [-0.39, 0.29) is 47.9 Å². The molecule has 0 radical (unpaired) electrons. The van der Waals surface area contributed by atoms with Crippen molar-refractivity contribution in [2.45, 2.75) is 37.9 Å². The van der Waals surface area contributed by atoms with E-state index >= 15 is 0 Å². The molecule has 1 saturated heterocycles. The minimum absolute atomic E-state index is 0.115. The fourth-order valence-electron chi connectivity index (χ4n) is 3.21. The predicted octanol–water partition coefficient (Wildman–Crippen LogP) is 2.98. The van der Waals surface area contributed by atoms with Gasteiger partial charge in [0.15, 0.2) is 0 Å². The Morgan fingerprint density at radius 1 is 1.17 bits per heavy atom. The largest absolute Gasteiger partial charge is 0.462 e. The van der Waals surface area contributed by atoms with E-state index in [4.69, 9.17) is 9.47 Å². The van der Waals surface area contributed by atoms with Crippen LogP contribution in [0.15, 0.2) is 40.6 Å². The number of ether oxygens (including phenoxy) is 2. The molecule has 2 atom stereocenters. The molecule has 162 valence electrons. The SMILES string of the molecule is CCOC(=O)c1ccsc1NC(=O)c1ccc(S(=O)(=O)N2CC(C)OC(C)C2)cc1. The molecule has 2 heterocycles. The van der Waals surface area contributed by atoms with Crippen molar-refractivity contribution in [2.75, 3.05) is 25.0 Å². The summed E-state index contributed by atoms with van der Waals surface area (Å²) in [6.45, 7) is 6.17. The van der Waals surface area contributed by atoms with Crippen molar-refractivity contribution in [3.63, 3.8) is 0 Å². The number of carbonyl (C=O) groups excluding carboxylic acids is 2. The summed E-state index contributed by atoms with van der Waals surface area (Å²) in [6, 6.07) is 7.31. The average molecular weight is 453 g/mol. The van der Waals surface area contributed by atoms with Gasteiger partial charge in [0.25, 0.3) is 5.91 Å². The highest BCUT2D eigenvalue weighted by atomic mass is 32.2.